The van der Waals surface area contributed by atoms with Crippen molar-refractivity contribution in [2.24, 2.45) is 11.8 Å². The summed E-state index contributed by atoms with van der Waals surface area (Å²) >= 11 is 0. The van der Waals surface area contributed by atoms with Gasteiger partial charge in [-0.15, -0.1) is 0 Å². The van der Waals surface area contributed by atoms with Crippen LogP contribution in [-0.2, 0) is 17.6 Å². The number of nitriles is 1. The lowest BCUT2D eigenvalue weighted by atomic mass is 9.64. The van der Waals surface area contributed by atoms with Crippen molar-refractivity contribution in [1.29, 1.82) is 5.26 Å². The first-order valence-electron chi connectivity index (χ1n) is 14.9. The minimum atomic E-state index is -0.286. The van der Waals surface area contributed by atoms with Crippen molar-refractivity contribution in [1.82, 2.24) is 10.2 Å². The monoisotopic (exact) mass is 547 g/mol. The Morgan fingerprint density at radius 3 is 2.39 bits per heavy atom. The molecule has 1 unspecified atom stereocenters. The van der Waals surface area contributed by atoms with E-state index in [1.54, 1.807) is 6.07 Å². The number of benzene rings is 3. The van der Waals surface area contributed by atoms with Gasteiger partial charge in [0.25, 0.3) is 5.91 Å². The van der Waals surface area contributed by atoms with E-state index in [1.165, 1.54) is 12.8 Å². The number of Topliss-reactive ketones (excluding diaryl/α,β-unsaturated/α-hetero) is 1. The highest BCUT2D eigenvalue weighted by Gasteiger charge is 2.44. The molecule has 3 aliphatic rings. The van der Waals surface area contributed by atoms with Gasteiger partial charge in [-0.1, -0.05) is 42.5 Å². The van der Waals surface area contributed by atoms with Gasteiger partial charge in [0.2, 0.25) is 0 Å². The standard InChI is InChI=1S/C35H37N3O3/c1-38(21-24-2-3-24)32-18-27-12-14-30(34(40)33(27)31-19-28(39)13-15-29(31)32)35(41)37-17-16-22-4-8-25(9-5-22)26-10-6-23(20-36)7-11-26/h4-12,14,24,29,31-32,40H,2-3,13,15-19,21H2,1H3,(H,37,41)/t29-,31?,32-/m1/s1. The Morgan fingerprint density at radius 2 is 1.71 bits per heavy atom. The maximum absolute atomic E-state index is 13.2. The van der Waals surface area contributed by atoms with Crippen LogP contribution in [0, 0.1) is 23.2 Å². The number of hydrogen-bond acceptors (Lipinski definition) is 5. The molecular weight excluding hydrogens is 510 g/mol. The topological polar surface area (TPSA) is 93.4 Å². The van der Waals surface area contributed by atoms with E-state index in [0.29, 0.717) is 48.9 Å². The number of amides is 1. The molecule has 6 heteroatoms. The van der Waals surface area contributed by atoms with Crippen LogP contribution in [-0.4, -0.2) is 47.9 Å². The van der Waals surface area contributed by atoms with E-state index in [0.717, 1.165) is 53.1 Å². The highest BCUT2D eigenvalue weighted by molar-refractivity contribution is 5.97. The maximum atomic E-state index is 13.2. The predicted molar refractivity (Wildman–Crippen MR) is 159 cm³/mol. The number of rotatable bonds is 8. The third-order valence-corrected chi connectivity index (χ3v) is 9.38. The van der Waals surface area contributed by atoms with Gasteiger partial charge >= 0.3 is 0 Å². The zero-order valence-corrected chi connectivity index (χ0v) is 23.6. The Morgan fingerprint density at radius 1 is 1.00 bits per heavy atom. The van der Waals surface area contributed by atoms with Crippen LogP contribution >= 0.6 is 0 Å². The Bertz CT molecular complexity index is 1480. The normalized spacial score (nSPS) is 21.6. The van der Waals surface area contributed by atoms with Crippen LogP contribution in [0.2, 0.25) is 0 Å². The summed E-state index contributed by atoms with van der Waals surface area (Å²) in [5.41, 5.74) is 6.05. The number of phenols is 1. The van der Waals surface area contributed by atoms with Gasteiger partial charge in [0.15, 0.2) is 0 Å². The summed E-state index contributed by atoms with van der Waals surface area (Å²) in [5.74, 6) is 1.10. The smallest absolute Gasteiger partial charge is 0.255 e. The third-order valence-electron chi connectivity index (χ3n) is 9.38. The molecule has 0 aliphatic heterocycles. The molecule has 3 atom stereocenters. The Balaban J connectivity index is 1.12. The van der Waals surface area contributed by atoms with E-state index >= 15 is 0 Å². The molecule has 0 radical (unpaired) electrons. The van der Waals surface area contributed by atoms with E-state index < -0.39 is 0 Å². The highest BCUT2D eigenvalue weighted by Crippen LogP contribution is 2.49. The molecule has 3 aliphatic carbocycles. The SMILES string of the molecule is CN(CC1CC1)[C@@H]1Cc2ccc(C(=O)NCCc3ccc(-c4ccc(C#N)cc4)cc3)c(O)c2C2CC(=O)CC[C@H]21. The third kappa shape index (κ3) is 5.78. The molecule has 2 saturated carbocycles. The van der Waals surface area contributed by atoms with E-state index in [1.807, 2.05) is 54.6 Å². The number of likely N-dealkylation sites (N-methyl/N-ethyl adjacent to an activating group) is 1. The highest BCUT2D eigenvalue weighted by atomic mass is 16.3. The fourth-order valence-electron chi connectivity index (χ4n) is 6.95. The van der Waals surface area contributed by atoms with Gasteiger partial charge in [0, 0.05) is 37.5 Å². The molecule has 41 heavy (non-hydrogen) atoms. The number of hydrogen-bond donors (Lipinski definition) is 2. The molecule has 0 heterocycles. The van der Waals surface area contributed by atoms with Crippen molar-refractivity contribution in [3.8, 4) is 22.9 Å². The van der Waals surface area contributed by atoms with Gasteiger partial charge in [0.1, 0.15) is 11.5 Å². The zero-order valence-electron chi connectivity index (χ0n) is 23.6. The largest absolute Gasteiger partial charge is 0.507 e. The molecule has 1 amide bonds. The van der Waals surface area contributed by atoms with Gasteiger partial charge in [-0.05, 0) is 97.4 Å². The Hall–Kier alpha value is -3.95. The summed E-state index contributed by atoms with van der Waals surface area (Å²) in [6.45, 7) is 1.55. The molecule has 3 aromatic rings. The first-order valence-corrected chi connectivity index (χ1v) is 14.9. The summed E-state index contributed by atoms with van der Waals surface area (Å²) in [6.07, 6.45) is 6.04. The minimum Gasteiger partial charge on any atom is -0.507 e. The van der Waals surface area contributed by atoms with Crippen LogP contribution in [0.4, 0.5) is 0 Å². The van der Waals surface area contributed by atoms with Gasteiger partial charge in [-0.25, -0.2) is 0 Å². The van der Waals surface area contributed by atoms with Crippen LogP contribution in [0.5, 0.6) is 5.75 Å². The quantitative estimate of drug-likeness (QED) is 0.382. The van der Waals surface area contributed by atoms with Crippen molar-refractivity contribution in [3.05, 3.63) is 88.5 Å². The number of fused-ring (bicyclic) bond motifs is 3. The Labute approximate surface area is 242 Å². The van der Waals surface area contributed by atoms with Gasteiger partial charge in [-0.2, -0.15) is 5.26 Å². The lowest BCUT2D eigenvalue weighted by Gasteiger charge is -2.46. The van der Waals surface area contributed by atoms with Gasteiger partial charge in [-0.3, -0.25) is 9.59 Å². The second-order valence-electron chi connectivity index (χ2n) is 12.1. The van der Waals surface area contributed by atoms with E-state index in [-0.39, 0.29) is 23.4 Å². The predicted octanol–water partition coefficient (Wildman–Crippen LogP) is 5.62. The second-order valence-corrected chi connectivity index (χ2v) is 12.1. The molecule has 2 N–H and O–H groups in total. The van der Waals surface area contributed by atoms with Crippen molar-refractivity contribution in [2.75, 3.05) is 20.1 Å². The first kappa shape index (κ1) is 27.2. The summed E-state index contributed by atoms with van der Waals surface area (Å²) in [4.78, 5) is 28.2. The lowest BCUT2D eigenvalue weighted by molar-refractivity contribution is -0.122. The fourth-order valence-corrected chi connectivity index (χ4v) is 6.95. The number of aromatic hydroxyl groups is 1. The summed E-state index contributed by atoms with van der Waals surface area (Å²) in [5, 5.41) is 23.4. The first-order chi connectivity index (χ1) is 19.9. The molecule has 6 rings (SSSR count). The van der Waals surface area contributed by atoms with E-state index in [9.17, 15) is 14.7 Å². The molecular formula is C35H37N3O3. The van der Waals surface area contributed by atoms with Crippen molar-refractivity contribution < 1.29 is 14.7 Å². The lowest BCUT2D eigenvalue weighted by Crippen LogP contribution is -2.47. The summed E-state index contributed by atoms with van der Waals surface area (Å²) in [6, 6.07) is 21.9. The molecule has 0 spiro atoms. The molecule has 0 saturated heterocycles. The average Bonchev–Trinajstić information content (AvgIpc) is 3.81. The van der Waals surface area contributed by atoms with Crippen molar-refractivity contribution in [3.63, 3.8) is 0 Å². The number of phenolic OH excluding ortho intramolecular Hbond substituents is 1. The van der Waals surface area contributed by atoms with Crippen LogP contribution in [0.25, 0.3) is 11.1 Å². The number of nitrogens with one attached hydrogen (secondary N) is 1. The molecule has 210 valence electrons. The Kier molecular flexibility index (Phi) is 7.64. The number of carbonyl (C=O) groups excluding carboxylic acids is 2. The van der Waals surface area contributed by atoms with Crippen LogP contribution in [0.15, 0.2) is 60.7 Å². The molecule has 0 aromatic heterocycles. The summed E-state index contributed by atoms with van der Waals surface area (Å²) < 4.78 is 0. The minimum absolute atomic E-state index is 0.0333. The van der Waals surface area contributed by atoms with Crippen LogP contribution in [0.3, 0.4) is 0 Å². The molecule has 6 nitrogen and oxygen atoms in total. The van der Waals surface area contributed by atoms with Crippen molar-refractivity contribution >= 4 is 11.7 Å². The number of carbonyl (C=O) groups is 2. The zero-order chi connectivity index (χ0) is 28.5. The summed E-state index contributed by atoms with van der Waals surface area (Å²) in [7, 11) is 2.21. The van der Waals surface area contributed by atoms with Crippen LogP contribution < -0.4 is 5.32 Å². The average molecular weight is 548 g/mol. The fraction of sp³-hybridized carbons (Fsp3) is 0.400. The maximum Gasteiger partial charge on any atom is 0.255 e. The second kappa shape index (κ2) is 11.5. The van der Waals surface area contributed by atoms with E-state index in [2.05, 4.69) is 23.3 Å². The molecule has 3 aromatic carbocycles. The number of nitrogens with zero attached hydrogens (tertiary/aromatic N) is 2. The number of ketones is 1. The van der Waals surface area contributed by atoms with Gasteiger partial charge in [0.05, 0.1) is 17.2 Å². The van der Waals surface area contributed by atoms with Gasteiger partial charge < -0.3 is 15.3 Å². The van der Waals surface area contributed by atoms with Crippen molar-refractivity contribution in [2.45, 2.75) is 56.9 Å². The van der Waals surface area contributed by atoms with Crippen LogP contribution in [0.1, 0.15) is 70.6 Å². The van der Waals surface area contributed by atoms with E-state index in [4.69, 9.17) is 5.26 Å². The molecule has 2 fully saturated rings. The molecule has 0 bridgehead atoms.